The Bertz CT molecular complexity index is 1110. The fourth-order valence-corrected chi connectivity index (χ4v) is 3.80. The second-order valence-electron chi connectivity index (χ2n) is 7.37. The summed E-state index contributed by atoms with van der Waals surface area (Å²) in [7, 11) is 0. The normalized spacial score (nSPS) is 16.7. The topological polar surface area (TPSA) is 94.0 Å². The number of nitrogens with one attached hydrogen (secondary N) is 1. The van der Waals surface area contributed by atoms with Crippen LogP contribution in [0.4, 0.5) is 10.1 Å². The summed E-state index contributed by atoms with van der Waals surface area (Å²) >= 11 is 0. The molecule has 1 aliphatic heterocycles. The summed E-state index contributed by atoms with van der Waals surface area (Å²) in [6, 6.07) is 2.91. The quantitative estimate of drug-likeness (QED) is 0.469. The minimum Gasteiger partial charge on any atom is -0.477 e. The highest BCUT2D eigenvalue weighted by Gasteiger charge is 2.28. The van der Waals surface area contributed by atoms with Crippen molar-refractivity contribution < 1.29 is 14.3 Å². The minimum absolute atomic E-state index is 0.0317. The number of hydrogen-bond donors (Lipinski definition) is 2. The van der Waals surface area contributed by atoms with Crippen molar-refractivity contribution in [2.24, 2.45) is 0 Å². The highest BCUT2D eigenvalue weighted by molar-refractivity contribution is 5.93. The van der Waals surface area contributed by atoms with Crippen molar-refractivity contribution in [3.63, 3.8) is 0 Å². The Labute approximate surface area is 166 Å². The predicted molar refractivity (Wildman–Crippen MR) is 106 cm³/mol. The molecule has 0 amide bonds. The number of nitrogens with zero attached hydrogens (tertiary/aromatic N) is 4. The van der Waals surface area contributed by atoms with Gasteiger partial charge in [-0.3, -0.25) is 10.2 Å². The number of halogens is 1. The van der Waals surface area contributed by atoms with Crippen LogP contribution in [0.25, 0.3) is 15.7 Å². The Morgan fingerprint density at radius 1 is 1.28 bits per heavy atom. The fourth-order valence-electron chi connectivity index (χ4n) is 3.80. The van der Waals surface area contributed by atoms with Crippen LogP contribution in [0.15, 0.2) is 23.1 Å². The molecule has 150 valence electrons. The number of pyridine rings is 1. The second-order valence-corrected chi connectivity index (χ2v) is 7.37. The summed E-state index contributed by atoms with van der Waals surface area (Å²) in [5, 5.41) is 17.3. The average molecular weight is 397 g/mol. The van der Waals surface area contributed by atoms with E-state index in [1.807, 2.05) is 9.80 Å². The third-order valence-electron chi connectivity index (χ3n) is 5.50. The summed E-state index contributed by atoms with van der Waals surface area (Å²) in [5.41, 5.74) is -0.108. The van der Waals surface area contributed by atoms with Crippen LogP contribution in [-0.2, 0) is 0 Å². The monoisotopic (exact) mass is 397 g/mol. The van der Waals surface area contributed by atoms with Gasteiger partial charge in [0.05, 0.1) is 11.2 Å². The number of carbonyl (C=O) groups is 1. The van der Waals surface area contributed by atoms with Gasteiger partial charge in [0.15, 0.2) is 5.84 Å². The van der Waals surface area contributed by atoms with Gasteiger partial charge in [0.1, 0.15) is 11.4 Å². The lowest BCUT2D eigenvalue weighted by Crippen LogP contribution is -2.49. The molecule has 2 aliphatic rings. The Hall–Kier alpha value is -3.41. The molecular formula is C20H20FN5O3. The molecule has 29 heavy (non-hydrogen) atoms. The summed E-state index contributed by atoms with van der Waals surface area (Å²) < 4.78 is 16.7. The number of rotatable bonds is 4. The van der Waals surface area contributed by atoms with E-state index in [0.29, 0.717) is 37.4 Å². The zero-order valence-corrected chi connectivity index (χ0v) is 15.7. The first-order valence-electron chi connectivity index (χ1n) is 9.43. The smallest absolute Gasteiger partial charge is 0.341 e. The summed E-state index contributed by atoms with van der Waals surface area (Å²) in [6.45, 7) is 8.92. The molecule has 0 atom stereocenters. The predicted octanol–water partition coefficient (Wildman–Crippen LogP) is 2.19. The van der Waals surface area contributed by atoms with Gasteiger partial charge in [0, 0.05) is 43.8 Å². The fraction of sp³-hybridized carbons (Fsp3) is 0.400. The number of aromatic carboxylic acids is 1. The van der Waals surface area contributed by atoms with E-state index in [1.165, 1.54) is 6.20 Å². The van der Waals surface area contributed by atoms with Crippen LogP contribution in [0, 0.1) is 17.8 Å². The Morgan fingerprint density at radius 3 is 2.55 bits per heavy atom. The maximum absolute atomic E-state index is 14.9. The lowest BCUT2D eigenvalue weighted by molar-refractivity contribution is 0.0695. The number of benzene rings is 1. The van der Waals surface area contributed by atoms with Gasteiger partial charge in [0.2, 0.25) is 5.43 Å². The van der Waals surface area contributed by atoms with E-state index in [0.717, 1.165) is 18.9 Å². The largest absolute Gasteiger partial charge is 0.477 e. The number of amidine groups is 1. The van der Waals surface area contributed by atoms with Crippen LogP contribution < -0.4 is 10.3 Å². The van der Waals surface area contributed by atoms with Crippen LogP contribution in [0.2, 0.25) is 0 Å². The third-order valence-corrected chi connectivity index (χ3v) is 5.50. The molecule has 0 bridgehead atoms. The van der Waals surface area contributed by atoms with Gasteiger partial charge in [-0.05, 0) is 25.0 Å². The summed E-state index contributed by atoms with van der Waals surface area (Å²) in [5.74, 6) is -1.61. The molecule has 9 heteroatoms. The number of hydrogen-bond acceptors (Lipinski definition) is 4. The molecule has 2 heterocycles. The van der Waals surface area contributed by atoms with Crippen LogP contribution in [0.3, 0.4) is 0 Å². The van der Waals surface area contributed by atoms with Crippen molar-refractivity contribution in [1.29, 1.82) is 5.41 Å². The van der Waals surface area contributed by atoms with E-state index in [9.17, 15) is 19.1 Å². The lowest BCUT2D eigenvalue weighted by Gasteiger charge is -2.36. The number of aromatic nitrogens is 1. The molecule has 0 unspecified atom stereocenters. The maximum Gasteiger partial charge on any atom is 0.341 e. The average Bonchev–Trinajstić information content (AvgIpc) is 3.53. The summed E-state index contributed by atoms with van der Waals surface area (Å²) in [4.78, 5) is 30.9. The van der Waals surface area contributed by atoms with E-state index < -0.39 is 17.2 Å². The number of fused-ring (bicyclic) bond motifs is 1. The number of carboxylic acids is 1. The van der Waals surface area contributed by atoms with E-state index in [2.05, 4.69) is 4.85 Å². The molecule has 0 spiro atoms. The Balaban J connectivity index is 1.71. The number of carboxylic acid groups (broad SMARTS) is 1. The van der Waals surface area contributed by atoms with Crippen molar-refractivity contribution >= 4 is 28.4 Å². The van der Waals surface area contributed by atoms with Gasteiger partial charge < -0.3 is 24.3 Å². The molecule has 1 aromatic carbocycles. The van der Waals surface area contributed by atoms with Gasteiger partial charge in [-0.2, -0.15) is 0 Å². The van der Waals surface area contributed by atoms with Crippen molar-refractivity contribution in [2.75, 3.05) is 37.6 Å². The van der Waals surface area contributed by atoms with Crippen molar-refractivity contribution in [2.45, 2.75) is 18.9 Å². The van der Waals surface area contributed by atoms with E-state index >= 15 is 0 Å². The zero-order chi connectivity index (χ0) is 20.7. The molecule has 4 rings (SSSR count). The molecule has 1 saturated heterocycles. The van der Waals surface area contributed by atoms with Gasteiger partial charge in [-0.15, -0.1) is 0 Å². The van der Waals surface area contributed by atoms with Gasteiger partial charge in [-0.25, -0.2) is 15.8 Å². The lowest BCUT2D eigenvalue weighted by atomic mass is 10.1. The highest BCUT2D eigenvalue weighted by atomic mass is 19.1. The molecule has 8 nitrogen and oxygen atoms in total. The van der Waals surface area contributed by atoms with Crippen molar-refractivity contribution in [3.05, 3.63) is 51.4 Å². The van der Waals surface area contributed by atoms with E-state index in [-0.39, 0.29) is 29.4 Å². The first kappa shape index (κ1) is 18.9. The molecule has 2 N–H and O–H groups in total. The first-order valence-corrected chi connectivity index (χ1v) is 9.43. The Kier molecular flexibility index (Phi) is 4.70. The molecule has 2 aromatic rings. The van der Waals surface area contributed by atoms with Crippen LogP contribution in [-0.4, -0.2) is 59.1 Å². The van der Waals surface area contributed by atoms with Crippen LogP contribution in [0.1, 0.15) is 29.2 Å². The first-order chi connectivity index (χ1) is 13.9. The van der Waals surface area contributed by atoms with Crippen molar-refractivity contribution in [3.8, 4) is 0 Å². The Morgan fingerprint density at radius 2 is 1.97 bits per heavy atom. The summed E-state index contributed by atoms with van der Waals surface area (Å²) in [6.07, 6.45) is 3.16. The molecule has 0 radical (unpaired) electrons. The molecule has 1 aliphatic carbocycles. The second kappa shape index (κ2) is 7.20. The van der Waals surface area contributed by atoms with Gasteiger partial charge in [0.25, 0.3) is 6.54 Å². The zero-order valence-electron chi connectivity index (χ0n) is 15.7. The van der Waals surface area contributed by atoms with Crippen molar-refractivity contribution in [1.82, 2.24) is 9.47 Å². The molecule has 1 aromatic heterocycles. The molecule has 1 saturated carbocycles. The maximum atomic E-state index is 14.9. The number of piperazine rings is 1. The minimum atomic E-state index is -1.31. The van der Waals surface area contributed by atoms with Crippen LogP contribution >= 0.6 is 0 Å². The van der Waals surface area contributed by atoms with Crippen LogP contribution in [0.5, 0.6) is 0 Å². The third kappa shape index (κ3) is 3.42. The SMILES string of the molecule is [C-]#[N+]CC(=N)N1CCN(c2cc3c(cc2F)c(=O)c(C(=O)O)cn3C2CC2)CC1. The van der Waals surface area contributed by atoms with E-state index in [1.54, 1.807) is 10.6 Å². The van der Waals surface area contributed by atoms with Gasteiger partial charge in [-0.1, -0.05) is 0 Å². The van der Waals surface area contributed by atoms with E-state index in [4.69, 9.17) is 12.0 Å². The number of anilines is 1. The molecular weight excluding hydrogens is 377 g/mol. The highest BCUT2D eigenvalue weighted by Crippen LogP contribution is 2.38. The van der Waals surface area contributed by atoms with Gasteiger partial charge >= 0.3 is 5.97 Å². The standard InChI is InChI=1S/C20H20FN5O3/c1-23-10-18(22)25-6-4-24(5-7-25)17-9-16-13(8-15(17)21)19(27)14(20(28)29)11-26(16)12-2-3-12/h8-9,11-12,22H,2-7,10H2,(H,28,29). The molecule has 2 fully saturated rings.